The lowest BCUT2D eigenvalue weighted by molar-refractivity contribution is -0.135. The van der Waals surface area contributed by atoms with Crippen LogP contribution in [0.2, 0.25) is 0 Å². The molecule has 0 unspecified atom stereocenters. The van der Waals surface area contributed by atoms with Crippen molar-refractivity contribution in [3.8, 4) is 5.75 Å². The Morgan fingerprint density at radius 3 is 2.04 bits per heavy atom. The number of hydrogen-bond acceptors (Lipinski definition) is 3. The van der Waals surface area contributed by atoms with Crippen molar-refractivity contribution in [3.05, 3.63) is 53.6 Å². The lowest BCUT2D eigenvalue weighted by Gasteiger charge is -2.23. The fraction of sp³-hybridized carbons (Fsp3) is 0.300. The lowest BCUT2D eigenvalue weighted by atomic mass is 9.90. The van der Waals surface area contributed by atoms with E-state index in [0.29, 0.717) is 17.1 Å². The van der Waals surface area contributed by atoms with E-state index in [1.54, 1.807) is 19.9 Å². The summed E-state index contributed by atoms with van der Waals surface area (Å²) in [6, 6.07) is 12.9. The third-order valence-electron chi connectivity index (χ3n) is 4.05. The van der Waals surface area contributed by atoms with Crippen molar-refractivity contribution >= 4 is 23.2 Å². The van der Waals surface area contributed by atoms with Crippen LogP contribution in [0, 0.1) is 19.3 Å². The number of hydrogen-bond donors (Lipinski definition) is 2. The number of benzene rings is 2. The Kier molecular flexibility index (Phi) is 5.47. The first-order chi connectivity index (χ1) is 11.7. The van der Waals surface area contributed by atoms with Gasteiger partial charge in [-0.1, -0.05) is 23.8 Å². The summed E-state index contributed by atoms with van der Waals surface area (Å²) < 4.78 is 5.27. The molecule has 0 aliphatic carbocycles. The fourth-order valence-electron chi connectivity index (χ4n) is 2.23. The van der Waals surface area contributed by atoms with E-state index in [2.05, 4.69) is 10.6 Å². The van der Waals surface area contributed by atoms with Crippen LogP contribution in [-0.2, 0) is 9.59 Å². The molecule has 2 rings (SSSR count). The van der Waals surface area contributed by atoms with Gasteiger partial charge in [-0.2, -0.15) is 0 Å². The molecular weight excluding hydrogens is 316 g/mol. The van der Waals surface area contributed by atoms with Crippen LogP contribution in [0.5, 0.6) is 5.75 Å². The Labute approximate surface area is 148 Å². The minimum Gasteiger partial charge on any atom is -0.495 e. The fourth-order valence-corrected chi connectivity index (χ4v) is 2.23. The quantitative estimate of drug-likeness (QED) is 0.811. The first-order valence-electron chi connectivity index (χ1n) is 8.08. The van der Waals surface area contributed by atoms with E-state index < -0.39 is 11.3 Å². The topological polar surface area (TPSA) is 67.4 Å². The second-order valence-electron chi connectivity index (χ2n) is 6.60. The maximum atomic E-state index is 12.7. The zero-order valence-corrected chi connectivity index (χ0v) is 15.3. The van der Waals surface area contributed by atoms with Crippen molar-refractivity contribution in [1.29, 1.82) is 0 Å². The number of carbonyl (C=O) groups is 2. The molecule has 0 spiro atoms. The Balaban J connectivity index is 2.15. The highest BCUT2D eigenvalue weighted by atomic mass is 16.5. The Morgan fingerprint density at radius 2 is 1.44 bits per heavy atom. The van der Waals surface area contributed by atoms with Crippen LogP contribution in [0.3, 0.4) is 0 Å². The zero-order valence-electron chi connectivity index (χ0n) is 15.3. The average molecular weight is 340 g/mol. The van der Waals surface area contributed by atoms with Crippen LogP contribution in [0.15, 0.2) is 42.5 Å². The van der Waals surface area contributed by atoms with Gasteiger partial charge in [-0.15, -0.1) is 0 Å². The largest absolute Gasteiger partial charge is 0.495 e. The van der Waals surface area contributed by atoms with E-state index >= 15 is 0 Å². The Bertz CT molecular complexity index is 780. The molecule has 0 radical (unpaired) electrons. The van der Waals surface area contributed by atoms with Crippen molar-refractivity contribution in [3.63, 3.8) is 0 Å². The number of ether oxygens (including phenoxy) is 1. The second-order valence-corrected chi connectivity index (χ2v) is 6.60. The molecule has 2 amide bonds. The molecule has 2 aromatic carbocycles. The normalized spacial score (nSPS) is 10.9. The Hall–Kier alpha value is -2.82. The van der Waals surface area contributed by atoms with Gasteiger partial charge in [0, 0.05) is 5.69 Å². The highest BCUT2D eigenvalue weighted by Gasteiger charge is 2.36. The molecule has 0 aliphatic heterocycles. The molecule has 132 valence electrons. The van der Waals surface area contributed by atoms with Crippen molar-refractivity contribution in [2.24, 2.45) is 5.41 Å². The van der Waals surface area contributed by atoms with E-state index in [1.807, 2.05) is 50.2 Å². The summed E-state index contributed by atoms with van der Waals surface area (Å²) in [6.45, 7) is 7.07. The van der Waals surface area contributed by atoms with Gasteiger partial charge in [0.15, 0.2) is 0 Å². The lowest BCUT2D eigenvalue weighted by Crippen LogP contribution is -2.41. The minimum atomic E-state index is -1.25. The van der Waals surface area contributed by atoms with Crippen molar-refractivity contribution in [2.45, 2.75) is 27.7 Å². The standard InChI is InChI=1S/C20H24N2O3/c1-13-6-9-15(10-7-13)21-18(23)20(3,4)19(24)22-16-12-14(2)8-11-17(16)25-5/h6-12H,1-5H3,(H,21,23)(H,22,24). The molecule has 5 nitrogen and oxygen atoms in total. The van der Waals surface area contributed by atoms with E-state index in [9.17, 15) is 9.59 Å². The van der Waals surface area contributed by atoms with Gasteiger partial charge in [0.25, 0.3) is 0 Å². The Morgan fingerprint density at radius 1 is 0.880 bits per heavy atom. The maximum Gasteiger partial charge on any atom is 0.239 e. The molecule has 0 aliphatic rings. The minimum absolute atomic E-state index is 0.375. The predicted molar refractivity (Wildman–Crippen MR) is 100.0 cm³/mol. The number of anilines is 2. The monoisotopic (exact) mass is 340 g/mol. The van der Waals surface area contributed by atoms with E-state index in [-0.39, 0.29) is 5.91 Å². The van der Waals surface area contributed by atoms with Gasteiger partial charge in [-0.3, -0.25) is 9.59 Å². The number of carbonyl (C=O) groups excluding carboxylic acids is 2. The van der Waals surface area contributed by atoms with Crippen LogP contribution >= 0.6 is 0 Å². The van der Waals surface area contributed by atoms with E-state index in [1.165, 1.54) is 7.11 Å². The third-order valence-corrected chi connectivity index (χ3v) is 4.05. The summed E-state index contributed by atoms with van der Waals surface area (Å²) in [7, 11) is 1.54. The summed E-state index contributed by atoms with van der Waals surface area (Å²) in [4.78, 5) is 25.2. The number of rotatable bonds is 5. The van der Waals surface area contributed by atoms with Gasteiger partial charge in [0.05, 0.1) is 12.8 Å². The van der Waals surface area contributed by atoms with E-state index in [0.717, 1.165) is 11.1 Å². The molecule has 0 atom stereocenters. The first kappa shape index (κ1) is 18.5. The van der Waals surface area contributed by atoms with Gasteiger partial charge in [-0.05, 0) is 57.5 Å². The molecular formula is C20H24N2O3. The molecule has 0 saturated carbocycles. The first-order valence-corrected chi connectivity index (χ1v) is 8.08. The van der Waals surface area contributed by atoms with Gasteiger partial charge < -0.3 is 15.4 Å². The predicted octanol–water partition coefficient (Wildman–Crippen LogP) is 3.92. The van der Waals surface area contributed by atoms with Gasteiger partial charge >= 0.3 is 0 Å². The van der Waals surface area contributed by atoms with Crippen molar-refractivity contribution < 1.29 is 14.3 Å². The molecule has 25 heavy (non-hydrogen) atoms. The second kappa shape index (κ2) is 7.38. The molecule has 0 aromatic heterocycles. The molecule has 2 N–H and O–H groups in total. The maximum absolute atomic E-state index is 12.7. The number of methoxy groups -OCH3 is 1. The van der Waals surface area contributed by atoms with Crippen molar-refractivity contribution in [2.75, 3.05) is 17.7 Å². The van der Waals surface area contributed by atoms with E-state index in [4.69, 9.17) is 4.74 Å². The summed E-state index contributed by atoms with van der Waals surface area (Å²) in [6.07, 6.45) is 0. The van der Waals surface area contributed by atoms with Gasteiger partial charge in [-0.25, -0.2) is 0 Å². The van der Waals surface area contributed by atoms with Crippen molar-refractivity contribution in [1.82, 2.24) is 0 Å². The molecule has 0 saturated heterocycles. The van der Waals surface area contributed by atoms with Gasteiger partial charge in [0.1, 0.15) is 11.2 Å². The highest BCUT2D eigenvalue weighted by Crippen LogP contribution is 2.28. The average Bonchev–Trinajstić information content (AvgIpc) is 2.57. The molecule has 2 aromatic rings. The number of nitrogens with one attached hydrogen (secondary N) is 2. The summed E-state index contributed by atoms with van der Waals surface area (Å²) in [5.41, 5.74) is 2.03. The molecule has 5 heteroatoms. The highest BCUT2D eigenvalue weighted by molar-refractivity contribution is 6.14. The molecule has 0 fully saturated rings. The number of amides is 2. The third kappa shape index (κ3) is 4.38. The summed E-state index contributed by atoms with van der Waals surface area (Å²) in [5, 5.41) is 5.58. The van der Waals surface area contributed by atoms with Crippen LogP contribution in [-0.4, -0.2) is 18.9 Å². The molecule has 0 heterocycles. The van der Waals surface area contributed by atoms with Gasteiger partial charge in [0.2, 0.25) is 11.8 Å². The van der Waals surface area contributed by atoms with Crippen LogP contribution in [0.4, 0.5) is 11.4 Å². The summed E-state index contributed by atoms with van der Waals surface area (Å²) >= 11 is 0. The smallest absolute Gasteiger partial charge is 0.239 e. The number of aryl methyl sites for hydroxylation is 2. The van der Waals surface area contributed by atoms with Crippen LogP contribution in [0.25, 0.3) is 0 Å². The van der Waals surface area contributed by atoms with Crippen LogP contribution in [0.1, 0.15) is 25.0 Å². The summed E-state index contributed by atoms with van der Waals surface area (Å²) in [5.74, 6) is -0.227. The molecule has 0 bridgehead atoms. The zero-order chi connectivity index (χ0) is 18.6. The van der Waals surface area contributed by atoms with Crippen LogP contribution < -0.4 is 15.4 Å². The SMILES string of the molecule is COc1ccc(C)cc1NC(=O)C(C)(C)C(=O)Nc1ccc(C)cc1.